The first kappa shape index (κ1) is 15.8. The molecule has 0 unspecified atom stereocenters. The molecule has 1 fully saturated rings. The highest BCUT2D eigenvalue weighted by Gasteiger charge is 2.39. The van der Waals surface area contributed by atoms with Crippen LogP contribution in [0.1, 0.15) is 23.1 Å². The fourth-order valence-corrected chi connectivity index (χ4v) is 3.02. The number of carbonyl (C=O) groups is 2. The lowest BCUT2D eigenvalue weighted by atomic mass is 9.98. The molecule has 2 aromatic rings. The van der Waals surface area contributed by atoms with E-state index in [1.807, 2.05) is 44.2 Å². The number of hydrogen-bond donors (Lipinski definition) is 0. The van der Waals surface area contributed by atoms with Gasteiger partial charge in [-0.05, 0) is 61.2 Å². The lowest BCUT2D eigenvalue weighted by Gasteiger charge is -2.16. The van der Waals surface area contributed by atoms with Crippen molar-refractivity contribution in [2.45, 2.75) is 26.7 Å². The van der Waals surface area contributed by atoms with Crippen LogP contribution in [0.4, 0.5) is 5.69 Å². The van der Waals surface area contributed by atoms with Crippen LogP contribution in [0.2, 0.25) is 5.02 Å². The van der Waals surface area contributed by atoms with Crippen molar-refractivity contribution in [3.63, 3.8) is 0 Å². The van der Waals surface area contributed by atoms with Crippen molar-refractivity contribution in [1.29, 1.82) is 0 Å². The molecule has 118 valence electrons. The van der Waals surface area contributed by atoms with Gasteiger partial charge in [-0.3, -0.25) is 14.5 Å². The van der Waals surface area contributed by atoms with E-state index in [1.165, 1.54) is 4.90 Å². The number of nitrogens with zero attached hydrogens (tertiary/aromatic N) is 1. The van der Waals surface area contributed by atoms with Gasteiger partial charge in [-0.15, -0.1) is 0 Å². The maximum Gasteiger partial charge on any atom is 0.237 e. The molecule has 0 aromatic heterocycles. The van der Waals surface area contributed by atoms with Crippen LogP contribution >= 0.6 is 11.6 Å². The fourth-order valence-electron chi connectivity index (χ4n) is 2.90. The first-order valence-electron chi connectivity index (χ1n) is 7.64. The Morgan fingerprint density at radius 1 is 1.04 bits per heavy atom. The number of aryl methyl sites for hydroxylation is 2. The van der Waals surface area contributed by atoms with E-state index in [-0.39, 0.29) is 24.2 Å². The van der Waals surface area contributed by atoms with Crippen LogP contribution in [-0.2, 0) is 16.0 Å². The molecule has 3 nitrogen and oxygen atoms in total. The van der Waals surface area contributed by atoms with Crippen LogP contribution < -0.4 is 4.90 Å². The molecule has 0 bridgehead atoms. The standard InChI is InChI=1S/C19H18ClNO2/c1-12-3-8-17(9-13(12)2)21-18(22)11-15(19(21)23)10-14-4-6-16(20)7-5-14/h3-9,15H,10-11H2,1-2H3/t15-/m0/s1. The van der Waals surface area contributed by atoms with Gasteiger partial charge < -0.3 is 0 Å². The fraction of sp³-hybridized carbons (Fsp3) is 0.263. The van der Waals surface area contributed by atoms with Crippen molar-refractivity contribution in [3.05, 3.63) is 64.2 Å². The van der Waals surface area contributed by atoms with Crippen molar-refractivity contribution in [3.8, 4) is 0 Å². The average Bonchev–Trinajstić information content (AvgIpc) is 2.79. The van der Waals surface area contributed by atoms with Crippen LogP contribution in [0.5, 0.6) is 0 Å². The van der Waals surface area contributed by atoms with Crippen molar-refractivity contribution in [2.75, 3.05) is 4.90 Å². The second-order valence-electron chi connectivity index (χ2n) is 6.07. The van der Waals surface area contributed by atoms with Crippen molar-refractivity contribution < 1.29 is 9.59 Å². The normalized spacial score (nSPS) is 17.9. The van der Waals surface area contributed by atoms with E-state index in [0.717, 1.165) is 16.7 Å². The van der Waals surface area contributed by atoms with Gasteiger partial charge in [0.15, 0.2) is 0 Å². The zero-order valence-corrected chi connectivity index (χ0v) is 13.9. The van der Waals surface area contributed by atoms with Gasteiger partial charge in [-0.25, -0.2) is 0 Å². The summed E-state index contributed by atoms with van der Waals surface area (Å²) in [6, 6.07) is 13.1. The third-order valence-corrected chi connectivity index (χ3v) is 4.64. The van der Waals surface area contributed by atoms with E-state index >= 15 is 0 Å². The number of carbonyl (C=O) groups excluding carboxylic acids is 2. The van der Waals surface area contributed by atoms with Gasteiger partial charge in [-0.2, -0.15) is 0 Å². The maximum atomic E-state index is 12.7. The summed E-state index contributed by atoms with van der Waals surface area (Å²) < 4.78 is 0. The molecule has 23 heavy (non-hydrogen) atoms. The third kappa shape index (κ3) is 3.15. The Morgan fingerprint density at radius 2 is 1.74 bits per heavy atom. The van der Waals surface area contributed by atoms with Crippen LogP contribution in [0, 0.1) is 19.8 Å². The van der Waals surface area contributed by atoms with Crippen molar-refractivity contribution in [2.24, 2.45) is 5.92 Å². The molecule has 2 amide bonds. The zero-order chi connectivity index (χ0) is 16.6. The molecule has 4 heteroatoms. The molecule has 1 aliphatic rings. The predicted molar refractivity (Wildman–Crippen MR) is 91.7 cm³/mol. The van der Waals surface area contributed by atoms with E-state index in [0.29, 0.717) is 17.1 Å². The molecule has 3 rings (SSSR count). The molecule has 0 N–H and O–H groups in total. The minimum atomic E-state index is -0.301. The summed E-state index contributed by atoms with van der Waals surface area (Å²) >= 11 is 5.88. The van der Waals surface area contributed by atoms with E-state index in [9.17, 15) is 9.59 Å². The monoisotopic (exact) mass is 327 g/mol. The second kappa shape index (κ2) is 6.17. The highest BCUT2D eigenvalue weighted by molar-refractivity contribution is 6.30. The predicted octanol–water partition coefficient (Wildman–Crippen LogP) is 4.08. The Bertz CT molecular complexity index is 767. The Morgan fingerprint density at radius 3 is 2.39 bits per heavy atom. The Labute approximate surface area is 140 Å². The van der Waals surface area contributed by atoms with Crippen molar-refractivity contribution in [1.82, 2.24) is 0 Å². The number of rotatable bonds is 3. The number of imide groups is 1. The zero-order valence-electron chi connectivity index (χ0n) is 13.2. The molecular weight excluding hydrogens is 310 g/mol. The van der Waals surface area contributed by atoms with E-state index in [4.69, 9.17) is 11.6 Å². The van der Waals surface area contributed by atoms with E-state index in [2.05, 4.69) is 0 Å². The smallest absolute Gasteiger partial charge is 0.237 e. The molecule has 1 aliphatic heterocycles. The number of amides is 2. The van der Waals surface area contributed by atoms with Gasteiger partial charge in [0.05, 0.1) is 11.6 Å². The lowest BCUT2D eigenvalue weighted by molar-refractivity contribution is -0.122. The summed E-state index contributed by atoms with van der Waals surface area (Å²) in [4.78, 5) is 26.3. The quantitative estimate of drug-likeness (QED) is 0.797. The molecule has 0 aliphatic carbocycles. The summed E-state index contributed by atoms with van der Waals surface area (Å²) in [5.74, 6) is -0.546. The molecule has 1 atom stereocenters. The lowest BCUT2D eigenvalue weighted by Crippen LogP contribution is -2.30. The summed E-state index contributed by atoms with van der Waals surface area (Å²) in [5, 5.41) is 0.666. The van der Waals surface area contributed by atoms with Gasteiger partial charge in [0, 0.05) is 11.4 Å². The summed E-state index contributed by atoms with van der Waals surface area (Å²) in [6.07, 6.45) is 0.817. The Balaban J connectivity index is 1.82. The largest absolute Gasteiger partial charge is 0.274 e. The first-order valence-corrected chi connectivity index (χ1v) is 8.02. The summed E-state index contributed by atoms with van der Waals surface area (Å²) in [7, 11) is 0. The molecule has 0 saturated carbocycles. The highest BCUT2D eigenvalue weighted by Crippen LogP contribution is 2.30. The topological polar surface area (TPSA) is 37.4 Å². The summed E-state index contributed by atoms with van der Waals surface area (Å²) in [6.45, 7) is 3.99. The molecule has 0 spiro atoms. The van der Waals surface area contributed by atoms with Crippen LogP contribution in [0.15, 0.2) is 42.5 Å². The Hall–Kier alpha value is -2.13. The van der Waals surface area contributed by atoms with Gasteiger partial charge in [0.2, 0.25) is 11.8 Å². The minimum Gasteiger partial charge on any atom is -0.274 e. The molecular formula is C19H18ClNO2. The maximum absolute atomic E-state index is 12.7. The third-order valence-electron chi connectivity index (χ3n) is 4.38. The number of halogens is 1. The summed E-state index contributed by atoms with van der Waals surface area (Å²) in [5.41, 5.74) is 3.90. The average molecular weight is 328 g/mol. The molecule has 0 radical (unpaired) electrons. The number of benzene rings is 2. The first-order chi connectivity index (χ1) is 11.0. The van der Waals surface area contributed by atoms with Crippen LogP contribution in [0.3, 0.4) is 0 Å². The van der Waals surface area contributed by atoms with E-state index in [1.54, 1.807) is 12.1 Å². The Kier molecular flexibility index (Phi) is 4.22. The van der Waals surface area contributed by atoms with Gasteiger partial charge in [0.1, 0.15) is 0 Å². The van der Waals surface area contributed by atoms with E-state index < -0.39 is 0 Å². The van der Waals surface area contributed by atoms with Gasteiger partial charge in [-0.1, -0.05) is 29.8 Å². The van der Waals surface area contributed by atoms with Gasteiger partial charge in [0.25, 0.3) is 0 Å². The second-order valence-corrected chi connectivity index (χ2v) is 6.50. The van der Waals surface area contributed by atoms with Gasteiger partial charge >= 0.3 is 0 Å². The van der Waals surface area contributed by atoms with Crippen molar-refractivity contribution >= 4 is 29.1 Å². The SMILES string of the molecule is Cc1ccc(N2C(=O)C[C@H](Cc3ccc(Cl)cc3)C2=O)cc1C. The number of hydrogen-bond acceptors (Lipinski definition) is 2. The minimum absolute atomic E-state index is 0.117. The molecule has 2 aromatic carbocycles. The number of anilines is 1. The van der Waals surface area contributed by atoms with Crippen LogP contribution in [0.25, 0.3) is 0 Å². The molecule has 1 saturated heterocycles. The molecule has 1 heterocycles. The van der Waals surface area contributed by atoms with Crippen LogP contribution in [-0.4, -0.2) is 11.8 Å². The highest BCUT2D eigenvalue weighted by atomic mass is 35.5.